The van der Waals surface area contributed by atoms with Gasteiger partial charge in [-0.05, 0) is 12.8 Å². The molecule has 3 heterocycles. The van der Waals surface area contributed by atoms with E-state index in [4.69, 9.17) is 0 Å². The van der Waals surface area contributed by atoms with E-state index in [0.717, 1.165) is 24.5 Å². The number of likely N-dealkylation sites (tertiary alicyclic amines) is 1. The second kappa shape index (κ2) is 7.44. The van der Waals surface area contributed by atoms with E-state index in [9.17, 15) is 13.2 Å². The second-order valence-electron chi connectivity index (χ2n) is 6.35. The molecule has 0 radical (unpaired) electrons. The van der Waals surface area contributed by atoms with Crippen LogP contribution in [-0.4, -0.2) is 58.3 Å². The molecule has 0 atom stereocenters. The zero-order valence-corrected chi connectivity index (χ0v) is 14.5. The van der Waals surface area contributed by atoms with Crippen molar-refractivity contribution in [3.63, 3.8) is 0 Å². The molecule has 1 aliphatic rings. The zero-order chi connectivity index (χ0) is 18.7. The topological polar surface area (TPSA) is 83.2 Å². The van der Waals surface area contributed by atoms with E-state index in [2.05, 4.69) is 29.9 Å². The minimum absolute atomic E-state index is 0.0184. The molecule has 1 fully saturated rings. The lowest BCUT2D eigenvalue weighted by molar-refractivity contribution is -0.157. The lowest BCUT2D eigenvalue weighted by atomic mass is 10.1. The van der Waals surface area contributed by atoms with Gasteiger partial charge < -0.3 is 14.6 Å². The van der Waals surface area contributed by atoms with Gasteiger partial charge in [-0.25, -0.2) is 9.97 Å². The summed E-state index contributed by atoms with van der Waals surface area (Å²) in [7, 11) is 3.82. The lowest BCUT2D eigenvalue weighted by Crippen LogP contribution is -2.38. The maximum atomic E-state index is 12.5. The van der Waals surface area contributed by atoms with E-state index in [1.54, 1.807) is 0 Å². The molecule has 0 bridgehead atoms. The van der Waals surface area contributed by atoms with Crippen LogP contribution in [0.5, 0.6) is 0 Å². The standard InChI is InChI=1S/C15H20F3N7O/c1-24(2)12-7-11(19-9-20-12)21-10-3-5-25(6-4-10)8-13-22-23-14(26-13)15(16,17)18/h7,9-10H,3-6,8H2,1-2H3,(H,19,20,21). The summed E-state index contributed by atoms with van der Waals surface area (Å²) in [5.41, 5.74) is 0. The molecule has 11 heteroatoms. The van der Waals surface area contributed by atoms with E-state index in [-0.39, 0.29) is 18.5 Å². The van der Waals surface area contributed by atoms with Gasteiger partial charge in [0.1, 0.15) is 18.0 Å². The van der Waals surface area contributed by atoms with Crippen LogP contribution in [0.15, 0.2) is 16.8 Å². The summed E-state index contributed by atoms with van der Waals surface area (Å²) in [4.78, 5) is 12.3. The number of halogens is 3. The highest BCUT2D eigenvalue weighted by molar-refractivity contribution is 5.47. The number of hydrogen-bond donors (Lipinski definition) is 1. The van der Waals surface area contributed by atoms with Gasteiger partial charge in [0.15, 0.2) is 0 Å². The second-order valence-corrected chi connectivity index (χ2v) is 6.35. The predicted octanol–water partition coefficient (Wildman–Crippen LogP) is 2.02. The van der Waals surface area contributed by atoms with Gasteiger partial charge in [-0.2, -0.15) is 13.2 Å². The van der Waals surface area contributed by atoms with Crippen molar-refractivity contribution in [1.82, 2.24) is 25.1 Å². The van der Waals surface area contributed by atoms with Gasteiger partial charge in [-0.15, -0.1) is 10.2 Å². The first-order valence-electron chi connectivity index (χ1n) is 8.19. The maximum Gasteiger partial charge on any atom is 0.470 e. The Labute approximate surface area is 148 Å². The molecule has 0 amide bonds. The van der Waals surface area contributed by atoms with E-state index < -0.39 is 12.1 Å². The SMILES string of the molecule is CN(C)c1cc(NC2CCN(Cc3nnc(C(F)(F)F)o3)CC2)ncn1. The molecule has 142 valence electrons. The first-order chi connectivity index (χ1) is 12.3. The number of nitrogens with zero attached hydrogens (tertiary/aromatic N) is 6. The third kappa shape index (κ3) is 4.59. The highest BCUT2D eigenvalue weighted by Crippen LogP contribution is 2.28. The highest BCUT2D eigenvalue weighted by Gasteiger charge is 2.38. The number of aromatic nitrogens is 4. The number of hydrogen-bond acceptors (Lipinski definition) is 8. The molecule has 0 saturated carbocycles. The van der Waals surface area contributed by atoms with Crippen LogP contribution in [0, 0.1) is 0 Å². The smallest absolute Gasteiger partial charge is 0.416 e. The molecule has 2 aromatic heterocycles. The summed E-state index contributed by atoms with van der Waals surface area (Å²) < 4.78 is 42.1. The molecule has 0 unspecified atom stereocenters. The maximum absolute atomic E-state index is 12.5. The van der Waals surface area contributed by atoms with E-state index in [0.29, 0.717) is 13.1 Å². The summed E-state index contributed by atoms with van der Waals surface area (Å²) in [5.74, 6) is 0.255. The first kappa shape index (κ1) is 18.4. The number of alkyl halides is 3. The van der Waals surface area contributed by atoms with Crippen molar-refractivity contribution in [2.24, 2.45) is 0 Å². The Hall–Kier alpha value is -2.43. The van der Waals surface area contributed by atoms with Gasteiger partial charge in [-0.1, -0.05) is 0 Å². The van der Waals surface area contributed by atoms with E-state index in [1.807, 2.05) is 30.0 Å². The summed E-state index contributed by atoms with van der Waals surface area (Å²) in [6.45, 7) is 1.65. The molecule has 3 rings (SSSR count). The van der Waals surface area contributed by atoms with Crippen LogP contribution in [-0.2, 0) is 12.7 Å². The largest absolute Gasteiger partial charge is 0.470 e. The molecule has 8 nitrogen and oxygen atoms in total. The quantitative estimate of drug-likeness (QED) is 0.855. The Morgan fingerprint density at radius 2 is 1.96 bits per heavy atom. The molecule has 0 aliphatic carbocycles. The van der Waals surface area contributed by atoms with Crippen molar-refractivity contribution >= 4 is 11.6 Å². The van der Waals surface area contributed by atoms with Crippen molar-refractivity contribution in [2.75, 3.05) is 37.4 Å². The van der Waals surface area contributed by atoms with Crippen LogP contribution in [0.25, 0.3) is 0 Å². The fourth-order valence-electron chi connectivity index (χ4n) is 2.74. The van der Waals surface area contributed by atoms with E-state index in [1.165, 1.54) is 6.33 Å². The first-order valence-corrected chi connectivity index (χ1v) is 8.19. The van der Waals surface area contributed by atoms with Gasteiger partial charge >= 0.3 is 12.1 Å². The number of nitrogens with one attached hydrogen (secondary N) is 1. The molecular formula is C15H20F3N7O. The molecule has 1 saturated heterocycles. The van der Waals surface area contributed by atoms with Gasteiger partial charge in [0.2, 0.25) is 5.89 Å². The monoisotopic (exact) mass is 371 g/mol. The molecule has 0 spiro atoms. The Balaban J connectivity index is 1.50. The van der Waals surface area contributed by atoms with Crippen molar-refractivity contribution in [2.45, 2.75) is 31.6 Å². The van der Waals surface area contributed by atoms with Gasteiger partial charge in [0, 0.05) is 39.3 Å². The minimum atomic E-state index is -4.61. The fourth-order valence-corrected chi connectivity index (χ4v) is 2.74. The van der Waals surface area contributed by atoms with Gasteiger partial charge in [-0.3, -0.25) is 4.90 Å². The van der Waals surface area contributed by atoms with Crippen molar-refractivity contribution in [3.05, 3.63) is 24.2 Å². The summed E-state index contributed by atoms with van der Waals surface area (Å²) >= 11 is 0. The van der Waals surface area contributed by atoms with Crippen LogP contribution in [0.3, 0.4) is 0 Å². The number of piperidine rings is 1. The molecule has 0 aromatic carbocycles. The average Bonchev–Trinajstić information content (AvgIpc) is 3.06. The van der Waals surface area contributed by atoms with Crippen molar-refractivity contribution in [1.29, 1.82) is 0 Å². The van der Waals surface area contributed by atoms with Crippen LogP contribution in [0.1, 0.15) is 24.6 Å². The van der Waals surface area contributed by atoms with Crippen LogP contribution >= 0.6 is 0 Å². The number of anilines is 2. The highest BCUT2D eigenvalue weighted by atomic mass is 19.4. The average molecular weight is 371 g/mol. The van der Waals surface area contributed by atoms with Crippen molar-refractivity contribution < 1.29 is 17.6 Å². The van der Waals surface area contributed by atoms with Crippen LogP contribution < -0.4 is 10.2 Å². The molecule has 1 aliphatic heterocycles. The number of rotatable bonds is 5. The minimum Gasteiger partial charge on any atom is -0.416 e. The fraction of sp³-hybridized carbons (Fsp3) is 0.600. The lowest BCUT2D eigenvalue weighted by Gasteiger charge is -2.31. The van der Waals surface area contributed by atoms with Crippen LogP contribution in [0.4, 0.5) is 24.8 Å². The Morgan fingerprint density at radius 1 is 1.23 bits per heavy atom. The zero-order valence-electron chi connectivity index (χ0n) is 14.5. The Bertz CT molecular complexity index is 726. The summed E-state index contributed by atoms with van der Waals surface area (Å²) in [5, 5.41) is 9.90. The molecule has 2 aromatic rings. The normalized spacial score (nSPS) is 16.7. The van der Waals surface area contributed by atoms with Gasteiger partial charge in [0.25, 0.3) is 0 Å². The Kier molecular flexibility index (Phi) is 5.25. The predicted molar refractivity (Wildman–Crippen MR) is 87.6 cm³/mol. The van der Waals surface area contributed by atoms with Crippen molar-refractivity contribution in [3.8, 4) is 0 Å². The Morgan fingerprint density at radius 3 is 2.58 bits per heavy atom. The van der Waals surface area contributed by atoms with Crippen LogP contribution in [0.2, 0.25) is 0 Å². The molecule has 26 heavy (non-hydrogen) atoms. The third-order valence-electron chi connectivity index (χ3n) is 4.12. The molecular weight excluding hydrogens is 351 g/mol. The summed E-state index contributed by atoms with van der Waals surface area (Å²) in [6, 6.07) is 2.12. The summed E-state index contributed by atoms with van der Waals surface area (Å²) in [6.07, 6.45) is -1.42. The van der Waals surface area contributed by atoms with Gasteiger partial charge in [0.05, 0.1) is 6.54 Å². The van der Waals surface area contributed by atoms with E-state index >= 15 is 0 Å². The third-order valence-corrected chi connectivity index (χ3v) is 4.12. The molecule has 1 N–H and O–H groups in total.